The van der Waals surface area contributed by atoms with Gasteiger partial charge in [-0.25, -0.2) is 0 Å². The van der Waals surface area contributed by atoms with Crippen LogP contribution in [0.15, 0.2) is 162 Å². The highest BCUT2D eigenvalue weighted by molar-refractivity contribution is 6.22. The van der Waals surface area contributed by atoms with Crippen molar-refractivity contribution in [3.63, 3.8) is 0 Å². The largest absolute Gasteiger partial charge is 0.456 e. The molecule has 41 heavy (non-hydrogen) atoms. The third kappa shape index (κ3) is 3.94. The Kier molecular flexibility index (Phi) is 3.77. The first-order chi connectivity index (χ1) is 24.1. The van der Waals surface area contributed by atoms with Crippen LogP contribution in [-0.4, -0.2) is 0 Å². The van der Waals surface area contributed by atoms with Gasteiger partial charge in [0.15, 0.2) is 0 Å². The lowest BCUT2D eigenvalue weighted by atomic mass is 9.84. The average Bonchev–Trinajstić information content (AvgIpc) is 3.57. The van der Waals surface area contributed by atoms with E-state index in [0.29, 0.717) is 38.4 Å². The molecule has 0 bridgehead atoms. The van der Waals surface area contributed by atoms with Crippen molar-refractivity contribution in [2.45, 2.75) is 0 Å². The fourth-order valence-corrected chi connectivity index (χ4v) is 5.72. The Morgan fingerprint density at radius 1 is 0.439 bits per heavy atom. The molecule has 0 N–H and O–H groups in total. The Bertz CT molecular complexity index is 2670. The zero-order valence-electron chi connectivity index (χ0n) is 30.7. The number of fused-ring (bicyclic) bond motifs is 3. The summed E-state index contributed by atoms with van der Waals surface area (Å²) in [6.45, 7) is 0. The third-order valence-electron chi connectivity index (χ3n) is 7.49. The Balaban J connectivity index is 1.46. The smallest absolute Gasteiger partial charge is 0.135 e. The van der Waals surface area contributed by atoms with E-state index in [-0.39, 0.29) is 47.6 Å². The quantitative estimate of drug-likeness (QED) is 0.206. The van der Waals surface area contributed by atoms with E-state index in [4.69, 9.17) is 14.0 Å². The number of hydrogen-bond acceptors (Lipinski definition) is 1. The zero-order valence-corrected chi connectivity index (χ0v) is 21.7. The van der Waals surface area contributed by atoms with Gasteiger partial charge in [-0.15, -0.1) is 0 Å². The number of rotatable bonds is 4. The van der Waals surface area contributed by atoms with Crippen molar-refractivity contribution in [2.75, 3.05) is 0 Å². The van der Waals surface area contributed by atoms with E-state index < -0.39 is 18.1 Å². The van der Waals surface area contributed by atoms with Gasteiger partial charge in [0.1, 0.15) is 11.3 Å². The van der Waals surface area contributed by atoms with Crippen LogP contribution in [0.4, 0.5) is 0 Å². The minimum absolute atomic E-state index is 0.0415. The zero-order chi connectivity index (χ0) is 35.0. The van der Waals surface area contributed by atoms with Crippen LogP contribution in [0.2, 0.25) is 0 Å². The van der Waals surface area contributed by atoms with Crippen LogP contribution in [0.1, 0.15) is 12.3 Å². The maximum atomic E-state index is 9.26. The molecule has 1 aromatic heterocycles. The highest BCUT2D eigenvalue weighted by Gasteiger charge is 2.19. The molecule has 0 aliphatic rings. The van der Waals surface area contributed by atoms with E-state index >= 15 is 0 Å². The molecule has 1 heteroatoms. The van der Waals surface area contributed by atoms with Gasteiger partial charge in [-0.3, -0.25) is 0 Å². The molecule has 0 aliphatic heterocycles. The Labute approximate surface area is 251 Å². The van der Waals surface area contributed by atoms with Gasteiger partial charge in [0.2, 0.25) is 0 Å². The van der Waals surface area contributed by atoms with Crippen LogP contribution in [0.25, 0.3) is 77.2 Å². The first-order valence-corrected chi connectivity index (χ1v) is 13.3. The summed E-state index contributed by atoms with van der Waals surface area (Å²) in [4.78, 5) is 0. The molecule has 0 saturated heterocycles. The summed E-state index contributed by atoms with van der Waals surface area (Å²) in [5, 5.41) is 2.98. The fourth-order valence-electron chi connectivity index (χ4n) is 5.72. The predicted molar refractivity (Wildman–Crippen MR) is 173 cm³/mol. The lowest BCUT2D eigenvalue weighted by Gasteiger charge is -2.19. The van der Waals surface area contributed by atoms with Crippen LogP contribution >= 0.6 is 0 Å². The monoisotopic (exact) mass is 531 g/mol. The molecular weight excluding hydrogens is 496 g/mol. The molecule has 1 heterocycles. The van der Waals surface area contributed by atoms with Crippen molar-refractivity contribution in [3.05, 3.63) is 158 Å². The van der Waals surface area contributed by atoms with E-state index in [9.17, 15) is 2.74 Å². The fraction of sp³-hybridized carbons (Fsp3) is 0. The Morgan fingerprint density at radius 2 is 1.07 bits per heavy atom. The minimum Gasteiger partial charge on any atom is -0.456 e. The topological polar surface area (TPSA) is 13.1 Å². The number of hydrogen-bond donors (Lipinski definition) is 0. The lowest BCUT2D eigenvalue weighted by Crippen LogP contribution is -1.92. The predicted octanol–water partition coefficient (Wildman–Crippen LogP) is 11.4. The van der Waals surface area contributed by atoms with Gasteiger partial charge in [-0.2, -0.15) is 0 Å². The van der Waals surface area contributed by atoms with Crippen LogP contribution in [0, 0.1) is 0 Å². The van der Waals surface area contributed by atoms with Gasteiger partial charge in [0.25, 0.3) is 0 Å². The van der Waals surface area contributed by atoms with Gasteiger partial charge in [0, 0.05) is 10.9 Å². The van der Waals surface area contributed by atoms with Crippen LogP contribution < -0.4 is 0 Å². The van der Waals surface area contributed by atoms with Crippen molar-refractivity contribution >= 4 is 32.5 Å². The molecule has 0 spiro atoms. The minimum atomic E-state index is -0.486. The van der Waals surface area contributed by atoms with Crippen molar-refractivity contribution in [2.24, 2.45) is 0 Å². The third-order valence-corrected chi connectivity index (χ3v) is 7.49. The summed E-state index contributed by atoms with van der Waals surface area (Å²) in [5.41, 5.74) is 5.13. The van der Waals surface area contributed by atoms with E-state index in [2.05, 4.69) is 0 Å². The molecule has 0 aliphatic carbocycles. The van der Waals surface area contributed by atoms with Crippen LogP contribution in [-0.2, 0) is 0 Å². The van der Waals surface area contributed by atoms with Gasteiger partial charge >= 0.3 is 0 Å². The maximum Gasteiger partial charge on any atom is 0.135 e. The molecule has 0 unspecified atom stereocenters. The summed E-state index contributed by atoms with van der Waals surface area (Å²) in [6, 6.07) is 29.5. The summed E-state index contributed by atoms with van der Waals surface area (Å²) in [5.74, 6) is 0.124. The molecular formula is C40H26O. The SMILES string of the molecule is [2H]c1c([2H])c([2H])c(-c2cc3cc(-c4c5ccccc5c(-c5ccccc5-c5ccccc5)c5c([2H])c([2H])c([2H])c([2H])c45)ccc3o2)c([2H])c1[2H]. The molecule has 7 aromatic carbocycles. The highest BCUT2D eigenvalue weighted by atomic mass is 16.3. The normalized spacial score (nSPS) is 14.5. The molecule has 1 nitrogen and oxygen atoms in total. The standard InChI is InChI=1S/C40H26O/c1-3-13-27(14-4-1)31-17-7-8-18-32(31)40-35-21-11-9-19-33(35)39(34-20-10-12-22-36(34)40)29-23-24-37-30(25-29)26-38(41-37)28-15-5-2-6-16-28/h1-26H/i2D,5D,6D,9D,11D,15D,16D,19D,21D. The second-order valence-electron chi connectivity index (χ2n) is 9.82. The Hall–Kier alpha value is -5.40. The average molecular weight is 532 g/mol. The molecule has 0 saturated carbocycles. The first-order valence-electron chi connectivity index (χ1n) is 17.8. The lowest BCUT2D eigenvalue weighted by molar-refractivity contribution is 0.631. The van der Waals surface area contributed by atoms with E-state index in [0.717, 1.165) is 27.5 Å². The summed E-state index contributed by atoms with van der Waals surface area (Å²) in [6.07, 6.45) is 0. The van der Waals surface area contributed by atoms with Crippen molar-refractivity contribution in [1.82, 2.24) is 0 Å². The van der Waals surface area contributed by atoms with Gasteiger partial charge in [-0.1, -0.05) is 139 Å². The van der Waals surface area contributed by atoms with Crippen molar-refractivity contribution in [1.29, 1.82) is 0 Å². The second kappa shape index (κ2) is 9.66. The molecule has 0 fully saturated rings. The van der Waals surface area contributed by atoms with Gasteiger partial charge in [0.05, 0.1) is 12.3 Å². The molecule has 8 aromatic rings. The van der Waals surface area contributed by atoms with Crippen molar-refractivity contribution < 1.29 is 16.8 Å². The molecule has 8 rings (SSSR count). The van der Waals surface area contributed by atoms with Crippen molar-refractivity contribution in [3.8, 4) is 44.7 Å². The highest BCUT2D eigenvalue weighted by Crippen LogP contribution is 2.46. The second-order valence-corrected chi connectivity index (χ2v) is 9.82. The summed E-state index contributed by atoms with van der Waals surface area (Å²) >= 11 is 0. The number of benzene rings is 7. The molecule has 192 valence electrons. The van der Waals surface area contributed by atoms with Gasteiger partial charge < -0.3 is 4.42 Å². The number of furan rings is 1. The molecule has 0 amide bonds. The Morgan fingerprint density at radius 3 is 1.85 bits per heavy atom. The maximum absolute atomic E-state index is 9.26. The van der Waals surface area contributed by atoms with Gasteiger partial charge in [-0.05, 0) is 73.1 Å². The van der Waals surface area contributed by atoms with E-state index in [1.54, 1.807) is 12.1 Å². The van der Waals surface area contributed by atoms with E-state index in [1.165, 1.54) is 0 Å². The van der Waals surface area contributed by atoms with Crippen LogP contribution in [0.3, 0.4) is 0 Å². The first kappa shape index (κ1) is 16.0. The summed E-state index contributed by atoms with van der Waals surface area (Å²) < 4.78 is 83.1. The van der Waals surface area contributed by atoms with E-state index in [1.807, 2.05) is 91.0 Å². The molecule has 0 atom stereocenters. The van der Waals surface area contributed by atoms with Crippen LogP contribution in [0.5, 0.6) is 0 Å². The molecule has 0 radical (unpaired) electrons. The summed E-state index contributed by atoms with van der Waals surface area (Å²) in [7, 11) is 0.